The van der Waals surface area contributed by atoms with Gasteiger partial charge in [0.15, 0.2) is 30.0 Å². The number of nitrogens with zero attached hydrogens (tertiary/aromatic N) is 2. The molecule has 10 atom stereocenters. The van der Waals surface area contributed by atoms with Crippen molar-refractivity contribution in [2.24, 2.45) is 0 Å². The van der Waals surface area contributed by atoms with Crippen molar-refractivity contribution < 1.29 is 66.7 Å². The number of thioether (sulfide) groups is 1. The Bertz CT molecular complexity index is 3330. The lowest BCUT2D eigenvalue weighted by Gasteiger charge is -2.47. The summed E-state index contributed by atoms with van der Waals surface area (Å²) in [5.74, 6) is -2.49. The van der Waals surface area contributed by atoms with Crippen molar-refractivity contribution in [2.75, 3.05) is 13.2 Å². The lowest BCUT2D eigenvalue weighted by molar-refractivity contribution is -0.385. The molecular formula is C66H60N2O15S. The van der Waals surface area contributed by atoms with E-state index in [0.717, 1.165) is 40.2 Å². The molecule has 3 heterocycles. The highest BCUT2D eigenvalue weighted by Gasteiger charge is 2.55. The fourth-order valence-electron chi connectivity index (χ4n) is 9.55. The van der Waals surface area contributed by atoms with Crippen molar-refractivity contribution in [3.63, 3.8) is 0 Å². The predicted molar refractivity (Wildman–Crippen MR) is 308 cm³/mol. The minimum Gasteiger partial charge on any atom is -0.452 e. The van der Waals surface area contributed by atoms with E-state index in [1.54, 1.807) is 91.0 Å². The average Bonchev–Trinajstić information content (AvgIpc) is 2.33. The van der Waals surface area contributed by atoms with Gasteiger partial charge in [0, 0.05) is 6.07 Å². The summed E-state index contributed by atoms with van der Waals surface area (Å²) in [7, 11) is 0. The normalized spacial score (nSPS) is 22.0. The minimum absolute atomic E-state index is 0.00891. The van der Waals surface area contributed by atoms with Crippen LogP contribution in [0.25, 0.3) is 0 Å². The van der Waals surface area contributed by atoms with Gasteiger partial charge in [-0.25, -0.2) is 19.4 Å². The number of esters is 3. The third-order valence-electron chi connectivity index (χ3n) is 13.8. The van der Waals surface area contributed by atoms with Gasteiger partial charge in [0.1, 0.15) is 36.7 Å². The number of benzene rings is 7. The standard InChI is InChI=1S/C66H60N2O15S/c69-62(49-30-16-5-17-31-49)81-57-54(80-66(84-55-37-36-52(38-67-55)68(72)73)61(83-64(71)51-34-20-7-21-35-51)59(57)82-63(70)50-32-18-6-19-33-50)44-78-65-60(77-42-48-28-14-4-15-29-48)58(76-41-47-26-12-3-13-27-47)56(75-40-46-24-10-2-11-25-46)53(79-65)43-74-39-45-22-8-1-9-23-45/h1-38,53-54,56-61,65-66H,39-44H2/t53-,54-,56-,57-,58+,59+,60-,61-,65-,66+/m1/s1. The molecule has 0 N–H and O–H groups in total. The Balaban J connectivity index is 1.06. The molecule has 0 radical (unpaired) electrons. The summed E-state index contributed by atoms with van der Waals surface area (Å²) in [5.41, 5.74) is 2.40. The molecule has 1 aromatic heterocycles. The Morgan fingerprint density at radius 1 is 0.429 bits per heavy atom. The van der Waals surface area contributed by atoms with E-state index in [1.165, 1.54) is 12.1 Å². The smallest absolute Gasteiger partial charge is 0.338 e. The second-order valence-corrected chi connectivity index (χ2v) is 20.8. The quantitative estimate of drug-likeness (QED) is 0.0226. The van der Waals surface area contributed by atoms with Gasteiger partial charge in [0.05, 0.1) is 66.3 Å². The zero-order valence-corrected chi connectivity index (χ0v) is 46.2. The summed E-state index contributed by atoms with van der Waals surface area (Å²) in [5, 5.41) is 12.0. The zero-order valence-electron chi connectivity index (χ0n) is 45.4. The van der Waals surface area contributed by atoms with Gasteiger partial charge in [-0.3, -0.25) is 10.1 Å². The molecule has 2 fully saturated rings. The molecule has 0 aliphatic carbocycles. The highest BCUT2D eigenvalue weighted by molar-refractivity contribution is 7.99. The molecule has 8 aromatic rings. The van der Waals surface area contributed by atoms with Crippen LogP contribution in [-0.2, 0) is 73.8 Å². The van der Waals surface area contributed by atoms with Crippen LogP contribution in [0.3, 0.4) is 0 Å². The predicted octanol–water partition coefficient (Wildman–Crippen LogP) is 11.2. The number of carbonyl (C=O) groups is 3. The molecule has 2 saturated heterocycles. The fraction of sp³-hybridized carbons (Fsp3) is 0.242. The number of pyridine rings is 1. The number of rotatable bonds is 25. The van der Waals surface area contributed by atoms with E-state index in [9.17, 15) is 24.5 Å². The Labute approximate surface area is 489 Å². The molecule has 2 aliphatic rings. The summed E-state index contributed by atoms with van der Waals surface area (Å²) >= 11 is 0.933. The highest BCUT2D eigenvalue weighted by Crippen LogP contribution is 2.40. The maximum atomic E-state index is 14.5. The molecule has 430 valence electrons. The lowest BCUT2D eigenvalue weighted by Crippen LogP contribution is -2.64. The molecular weight excluding hydrogens is 1090 g/mol. The topological polar surface area (TPSA) is 200 Å². The fourth-order valence-corrected chi connectivity index (χ4v) is 10.6. The molecule has 0 amide bonds. The van der Waals surface area contributed by atoms with E-state index in [0.29, 0.717) is 0 Å². The Morgan fingerprint density at radius 3 is 1.29 bits per heavy atom. The van der Waals surface area contributed by atoms with Crippen LogP contribution in [0.5, 0.6) is 0 Å². The van der Waals surface area contributed by atoms with Crippen LogP contribution in [0.2, 0.25) is 0 Å². The second kappa shape index (κ2) is 29.7. The van der Waals surface area contributed by atoms with Crippen LogP contribution in [0.1, 0.15) is 53.3 Å². The van der Waals surface area contributed by atoms with Gasteiger partial charge < -0.3 is 47.4 Å². The van der Waals surface area contributed by atoms with Gasteiger partial charge in [-0.15, -0.1) is 0 Å². The van der Waals surface area contributed by atoms with Gasteiger partial charge in [0.2, 0.25) is 0 Å². The molecule has 0 bridgehead atoms. The minimum atomic E-state index is -1.62. The number of ether oxygens (including phenoxy) is 10. The molecule has 84 heavy (non-hydrogen) atoms. The van der Waals surface area contributed by atoms with Crippen LogP contribution in [0, 0.1) is 10.1 Å². The van der Waals surface area contributed by atoms with Gasteiger partial charge in [-0.05, 0) is 64.7 Å². The van der Waals surface area contributed by atoms with Crippen molar-refractivity contribution in [3.05, 3.63) is 280 Å². The maximum Gasteiger partial charge on any atom is 0.338 e. The summed E-state index contributed by atoms with van der Waals surface area (Å²) in [6, 6.07) is 65.9. The molecule has 0 unspecified atom stereocenters. The van der Waals surface area contributed by atoms with Crippen LogP contribution in [0.4, 0.5) is 5.69 Å². The average molecular weight is 1150 g/mol. The zero-order chi connectivity index (χ0) is 57.9. The van der Waals surface area contributed by atoms with Gasteiger partial charge >= 0.3 is 17.9 Å². The largest absolute Gasteiger partial charge is 0.452 e. The van der Waals surface area contributed by atoms with E-state index >= 15 is 0 Å². The lowest BCUT2D eigenvalue weighted by atomic mass is 9.97. The Hall–Kier alpha value is -8.43. The van der Waals surface area contributed by atoms with Crippen molar-refractivity contribution in [1.29, 1.82) is 0 Å². The number of aromatic nitrogens is 1. The molecule has 18 heteroatoms. The second-order valence-electron chi connectivity index (χ2n) is 19.6. The van der Waals surface area contributed by atoms with E-state index in [-0.39, 0.29) is 60.4 Å². The Morgan fingerprint density at radius 2 is 0.833 bits per heavy atom. The number of hydrogen-bond acceptors (Lipinski definition) is 17. The van der Waals surface area contributed by atoms with Crippen molar-refractivity contribution in [2.45, 2.75) is 92.0 Å². The van der Waals surface area contributed by atoms with Crippen molar-refractivity contribution >= 4 is 35.4 Å². The van der Waals surface area contributed by atoms with Crippen molar-refractivity contribution in [1.82, 2.24) is 4.98 Å². The molecule has 10 rings (SSSR count). The molecule has 0 spiro atoms. The van der Waals surface area contributed by atoms with Crippen LogP contribution in [-0.4, -0.2) is 102 Å². The highest BCUT2D eigenvalue weighted by atomic mass is 32.2. The van der Waals surface area contributed by atoms with Gasteiger partial charge in [-0.1, -0.05) is 188 Å². The van der Waals surface area contributed by atoms with E-state index in [4.69, 9.17) is 47.4 Å². The van der Waals surface area contributed by atoms with Gasteiger partial charge in [0.25, 0.3) is 5.69 Å². The number of carbonyl (C=O) groups excluding carboxylic acids is 3. The van der Waals surface area contributed by atoms with Gasteiger partial charge in [-0.2, -0.15) is 0 Å². The first-order chi connectivity index (χ1) is 41.2. The summed E-state index contributed by atoms with van der Waals surface area (Å²) in [6.07, 6.45) is -9.97. The Kier molecular flexibility index (Phi) is 20.8. The summed E-state index contributed by atoms with van der Waals surface area (Å²) in [4.78, 5) is 58.8. The third kappa shape index (κ3) is 16.0. The molecule has 7 aromatic carbocycles. The molecule has 0 saturated carbocycles. The first kappa shape index (κ1) is 58.8. The maximum absolute atomic E-state index is 14.5. The van der Waals surface area contributed by atoms with Crippen molar-refractivity contribution in [3.8, 4) is 0 Å². The van der Waals surface area contributed by atoms with Crippen LogP contribution < -0.4 is 0 Å². The van der Waals surface area contributed by atoms with E-state index in [1.807, 2.05) is 121 Å². The van der Waals surface area contributed by atoms with E-state index in [2.05, 4.69) is 4.98 Å². The molecule has 17 nitrogen and oxygen atoms in total. The van der Waals surface area contributed by atoms with Crippen LogP contribution >= 0.6 is 11.8 Å². The van der Waals surface area contributed by atoms with Crippen LogP contribution in [0.15, 0.2) is 236 Å². The third-order valence-corrected chi connectivity index (χ3v) is 14.9. The first-order valence-corrected chi connectivity index (χ1v) is 28.2. The van der Waals surface area contributed by atoms with E-state index < -0.39 is 90.0 Å². The number of hydrogen-bond donors (Lipinski definition) is 0. The summed E-state index contributed by atoms with van der Waals surface area (Å²) in [6.45, 7) is 0.207. The SMILES string of the molecule is O=C(O[C@@H]1[C@@H](OC(=O)c2ccccc2)[C@H](Sc2ccc([N+](=O)[O-])cn2)O[C@H](CO[C@@H]2O[C@H](COCc3ccccc3)[C@@H](OCc3ccccc3)[C@H](OCc3ccccc3)[C@H]2OCc2ccccc2)[C@H]1OC(=O)c1ccccc1)c1ccccc1. The molecule has 2 aliphatic heterocycles. The monoisotopic (exact) mass is 1150 g/mol. The first-order valence-electron chi connectivity index (χ1n) is 27.3. The summed E-state index contributed by atoms with van der Waals surface area (Å²) < 4.78 is 67.4. The number of nitro groups is 1.